The van der Waals surface area contributed by atoms with Gasteiger partial charge in [-0.2, -0.15) is 13.2 Å². The van der Waals surface area contributed by atoms with Crippen molar-refractivity contribution >= 4 is 22.9 Å². The number of nitrogens with one attached hydrogen (secondary N) is 2. The molecule has 0 bridgehead atoms. The highest BCUT2D eigenvalue weighted by Gasteiger charge is 2.36. The molecule has 2 aromatic heterocycles. The van der Waals surface area contributed by atoms with Gasteiger partial charge >= 0.3 is 6.18 Å². The first-order valence-corrected chi connectivity index (χ1v) is 14.1. The van der Waals surface area contributed by atoms with E-state index in [0.717, 1.165) is 17.3 Å². The number of likely N-dealkylation sites (N-methyl/N-ethyl adjacent to an activating group) is 1. The topological polar surface area (TPSA) is 84.6 Å². The van der Waals surface area contributed by atoms with Crippen LogP contribution in [0.2, 0.25) is 0 Å². The molecule has 43 heavy (non-hydrogen) atoms. The summed E-state index contributed by atoms with van der Waals surface area (Å²) in [6, 6.07) is 7.32. The molecule has 0 aliphatic carbocycles. The first-order chi connectivity index (χ1) is 20.4. The predicted molar refractivity (Wildman–Crippen MR) is 157 cm³/mol. The van der Waals surface area contributed by atoms with Crippen molar-refractivity contribution in [2.75, 3.05) is 43.4 Å². The SMILES string of the molecule is CC1CN(c2cc(F)c(C3=CCN(Cc4cccnc4)CC3)cc2NC(=O)c2c[nH]c(=O)cc2C(F)(F)F)CC(C)N1C. The van der Waals surface area contributed by atoms with Gasteiger partial charge in [0.15, 0.2) is 0 Å². The largest absolute Gasteiger partial charge is 0.417 e. The van der Waals surface area contributed by atoms with E-state index >= 15 is 4.39 Å². The Morgan fingerprint density at radius 2 is 1.91 bits per heavy atom. The van der Waals surface area contributed by atoms with E-state index in [1.165, 1.54) is 12.1 Å². The molecule has 0 radical (unpaired) electrons. The molecule has 5 rings (SSSR count). The van der Waals surface area contributed by atoms with Crippen LogP contribution in [-0.4, -0.2) is 71.0 Å². The number of anilines is 2. The number of rotatable bonds is 6. The number of nitrogens with zero attached hydrogens (tertiary/aromatic N) is 4. The maximum absolute atomic E-state index is 15.8. The van der Waals surface area contributed by atoms with Gasteiger partial charge in [0.05, 0.1) is 22.5 Å². The van der Waals surface area contributed by atoms with Crippen LogP contribution in [0.15, 0.2) is 59.8 Å². The van der Waals surface area contributed by atoms with Crippen LogP contribution in [0, 0.1) is 5.82 Å². The van der Waals surface area contributed by atoms with Crippen LogP contribution >= 0.6 is 0 Å². The fourth-order valence-corrected chi connectivity index (χ4v) is 5.70. The van der Waals surface area contributed by atoms with E-state index in [9.17, 15) is 22.8 Å². The lowest BCUT2D eigenvalue weighted by molar-refractivity contribution is -0.138. The Bertz CT molecular complexity index is 1560. The van der Waals surface area contributed by atoms with Gasteiger partial charge in [-0.1, -0.05) is 12.1 Å². The summed E-state index contributed by atoms with van der Waals surface area (Å²) >= 11 is 0. The van der Waals surface area contributed by atoms with Crippen LogP contribution in [0.4, 0.5) is 28.9 Å². The molecule has 2 aliphatic heterocycles. The summed E-state index contributed by atoms with van der Waals surface area (Å²) < 4.78 is 57.0. The first kappa shape index (κ1) is 30.4. The number of halogens is 4. The molecule has 2 atom stereocenters. The van der Waals surface area contributed by atoms with E-state index in [4.69, 9.17) is 0 Å². The fraction of sp³-hybridized carbons (Fsp3) is 0.387. The molecule has 4 heterocycles. The Morgan fingerprint density at radius 3 is 2.53 bits per heavy atom. The second-order valence-electron chi connectivity index (χ2n) is 11.3. The number of carbonyl (C=O) groups is 1. The summed E-state index contributed by atoms with van der Waals surface area (Å²) in [6.45, 7) is 7.07. The monoisotopic (exact) mass is 598 g/mol. The number of carbonyl (C=O) groups excluding carboxylic acids is 1. The summed E-state index contributed by atoms with van der Waals surface area (Å²) in [6.07, 6.45) is 1.84. The highest BCUT2D eigenvalue weighted by molar-refractivity contribution is 6.07. The van der Waals surface area contributed by atoms with Gasteiger partial charge in [-0.15, -0.1) is 0 Å². The molecule has 3 aromatic rings. The van der Waals surface area contributed by atoms with E-state index in [2.05, 4.69) is 25.1 Å². The lowest BCUT2D eigenvalue weighted by Gasteiger charge is -2.44. The third kappa shape index (κ3) is 6.80. The average Bonchev–Trinajstić information content (AvgIpc) is 2.97. The van der Waals surface area contributed by atoms with Crippen LogP contribution in [0.1, 0.15) is 47.3 Å². The number of hydrogen-bond donors (Lipinski definition) is 2. The van der Waals surface area contributed by atoms with E-state index in [1.807, 2.05) is 44.0 Å². The van der Waals surface area contributed by atoms with Crippen LogP contribution in [0.5, 0.6) is 0 Å². The molecule has 228 valence electrons. The molecule has 2 unspecified atom stereocenters. The minimum absolute atomic E-state index is 0.109. The van der Waals surface area contributed by atoms with E-state index < -0.39 is 34.6 Å². The summed E-state index contributed by atoms with van der Waals surface area (Å²) in [4.78, 5) is 37.6. The molecule has 1 amide bonds. The second-order valence-corrected chi connectivity index (χ2v) is 11.3. The van der Waals surface area contributed by atoms with Crippen LogP contribution in [0.3, 0.4) is 0 Å². The molecule has 0 spiro atoms. The molecule has 0 saturated carbocycles. The zero-order valence-corrected chi connectivity index (χ0v) is 24.2. The van der Waals surface area contributed by atoms with Gasteiger partial charge < -0.3 is 15.2 Å². The van der Waals surface area contributed by atoms with Crippen LogP contribution < -0.4 is 15.8 Å². The fourth-order valence-electron chi connectivity index (χ4n) is 5.70. The van der Waals surface area contributed by atoms with Gasteiger partial charge in [-0.25, -0.2) is 4.39 Å². The molecule has 2 N–H and O–H groups in total. The molecular formula is C31H34F4N6O2. The number of amides is 1. The minimum Gasteiger partial charge on any atom is -0.367 e. The maximum atomic E-state index is 15.8. The van der Waals surface area contributed by atoms with Crippen molar-refractivity contribution in [3.05, 3.63) is 93.4 Å². The van der Waals surface area contributed by atoms with Gasteiger partial charge in [-0.05, 0) is 56.7 Å². The summed E-state index contributed by atoms with van der Waals surface area (Å²) in [5.74, 6) is -1.53. The third-order valence-electron chi connectivity index (χ3n) is 8.28. The van der Waals surface area contributed by atoms with Crippen molar-refractivity contribution in [3.8, 4) is 0 Å². The molecule has 1 aromatic carbocycles. The number of alkyl halides is 3. The van der Waals surface area contributed by atoms with Crippen molar-refractivity contribution in [3.63, 3.8) is 0 Å². The summed E-state index contributed by atoms with van der Waals surface area (Å²) in [5, 5.41) is 2.62. The number of benzene rings is 1. The number of aromatic nitrogens is 2. The minimum atomic E-state index is -4.92. The molecule has 1 saturated heterocycles. The van der Waals surface area contributed by atoms with E-state index in [0.29, 0.717) is 50.9 Å². The van der Waals surface area contributed by atoms with Crippen molar-refractivity contribution in [1.29, 1.82) is 0 Å². The summed E-state index contributed by atoms with van der Waals surface area (Å²) in [7, 11) is 2.00. The maximum Gasteiger partial charge on any atom is 0.417 e. The van der Waals surface area contributed by atoms with E-state index in [1.54, 1.807) is 12.4 Å². The Kier molecular flexibility index (Phi) is 8.70. The number of hydrogen-bond acceptors (Lipinski definition) is 6. The zero-order valence-electron chi connectivity index (χ0n) is 24.2. The van der Waals surface area contributed by atoms with Crippen LogP contribution in [-0.2, 0) is 12.7 Å². The number of piperazine rings is 1. The molecular weight excluding hydrogens is 564 g/mol. The molecule has 8 nitrogen and oxygen atoms in total. The molecule has 2 aliphatic rings. The van der Waals surface area contributed by atoms with Gasteiger partial charge in [0, 0.05) is 75.0 Å². The lowest BCUT2D eigenvalue weighted by Crippen LogP contribution is -2.55. The number of aromatic amines is 1. The summed E-state index contributed by atoms with van der Waals surface area (Å²) in [5.41, 5.74) is -0.366. The number of H-pyrrole nitrogens is 1. The molecule has 1 fully saturated rings. The highest BCUT2D eigenvalue weighted by Crippen LogP contribution is 2.37. The Labute approximate surface area is 247 Å². The lowest BCUT2D eigenvalue weighted by atomic mass is 9.96. The van der Waals surface area contributed by atoms with Gasteiger partial charge in [0.2, 0.25) is 5.56 Å². The third-order valence-corrected chi connectivity index (χ3v) is 8.28. The Morgan fingerprint density at radius 1 is 1.16 bits per heavy atom. The van der Waals surface area contributed by atoms with Gasteiger partial charge in [-0.3, -0.25) is 24.4 Å². The van der Waals surface area contributed by atoms with E-state index in [-0.39, 0.29) is 23.3 Å². The normalized spacial score (nSPS) is 20.2. The van der Waals surface area contributed by atoms with Crippen LogP contribution in [0.25, 0.3) is 5.57 Å². The second kappa shape index (κ2) is 12.3. The highest BCUT2D eigenvalue weighted by atomic mass is 19.4. The Balaban J connectivity index is 1.49. The van der Waals surface area contributed by atoms with Crippen molar-refractivity contribution in [1.82, 2.24) is 19.8 Å². The zero-order chi connectivity index (χ0) is 30.9. The first-order valence-electron chi connectivity index (χ1n) is 14.1. The smallest absolute Gasteiger partial charge is 0.367 e. The van der Waals surface area contributed by atoms with Crippen molar-refractivity contribution in [2.24, 2.45) is 0 Å². The average molecular weight is 599 g/mol. The predicted octanol–water partition coefficient (Wildman–Crippen LogP) is 5.00. The van der Waals surface area contributed by atoms with Crippen molar-refractivity contribution in [2.45, 2.75) is 45.1 Å². The molecule has 12 heteroatoms. The van der Waals surface area contributed by atoms with Gasteiger partial charge in [0.1, 0.15) is 5.82 Å². The van der Waals surface area contributed by atoms with Gasteiger partial charge in [0.25, 0.3) is 5.91 Å². The number of pyridine rings is 2. The standard InChI is InChI=1S/C31H34F4N6O2/c1-19-16-41(17-20(2)39(19)3)28-13-26(32)23(22-6-9-40(10-7-22)18-21-5-4-8-36-14-21)11-27(28)38-30(43)24-15-37-29(42)12-25(24)31(33,34)35/h4-6,8,11-15,19-20H,7,9-10,16-18H2,1-3H3,(H,37,42)(H,38,43). The quantitative estimate of drug-likeness (QED) is 0.389. The van der Waals surface area contributed by atoms with Crippen molar-refractivity contribution < 1.29 is 22.4 Å². The Hall–Kier alpha value is -4.03.